The van der Waals surface area contributed by atoms with Gasteiger partial charge >= 0.3 is 0 Å². The van der Waals surface area contributed by atoms with Crippen LogP contribution in [0.3, 0.4) is 0 Å². The minimum atomic E-state index is -0.407. The van der Waals surface area contributed by atoms with Gasteiger partial charge in [-0.25, -0.2) is 0 Å². The second kappa shape index (κ2) is 9.69. The second-order valence-electron chi connectivity index (χ2n) is 11.7. The van der Waals surface area contributed by atoms with Crippen LogP contribution in [0, 0.1) is 0 Å². The highest BCUT2D eigenvalue weighted by atomic mass is 14.5. The number of fused-ring (bicyclic) bond motifs is 9. The van der Waals surface area contributed by atoms with Crippen LogP contribution < -0.4 is 5.73 Å². The molecule has 0 aliphatic heterocycles. The maximum atomic E-state index is 6.05. The maximum absolute atomic E-state index is 6.05. The second-order valence-corrected chi connectivity index (χ2v) is 11.7. The molecule has 8 rings (SSSR count). The highest BCUT2D eigenvalue weighted by molar-refractivity contribution is 5.91. The molecule has 0 atom stereocenters. The number of nitrogens with two attached hydrogens (primary N) is 1. The molecule has 202 valence electrons. The molecular formula is C41H33N. The van der Waals surface area contributed by atoms with Crippen LogP contribution in [0.25, 0.3) is 33.4 Å². The summed E-state index contributed by atoms with van der Waals surface area (Å²) in [7, 11) is 0. The van der Waals surface area contributed by atoms with Crippen molar-refractivity contribution < 1.29 is 0 Å². The standard InChI is InChI=1S/C41H33N/c1-2-32-33-15-6-8-17-37(33)41(38-18-9-7-16-34(32)38)39-24-30(28-12-4-3-5-13-28)19-21-35(39)36-22-20-31(25-40(36)41)29-14-10-11-27(23-29)26-42/h3-25,32H,2,26,42H2,1H3. The van der Waals surface area contributed by atoms with Crippen LogP contribution in [0.5, 0.6) is 0 Å². The lowest BCUT2D eigenvalue weighted by atomic mass is 9.58. The van der Waals surface area contributed by atoms with Crippen LogP contribution >= 0.6 is 0 Å². The fourth-order valence-corrected chi connectivity index (χ4v) is 7.81. The van der Waals surface area contributed by atoms with E-state index in [1.54, 1.807) is 0 Å². The lowest BCUT2D eigenvalue weighted by Crippen LogP contribution is -2.35. The first-order valence-corrected chi connectivity index (χ1v) is 15.1. The van der Waals surface area contributed by atoms with E-state index in [1.807, 2.05) is 0 Å². The quantitative estimate of drug-likeness (QED) is 0.237. The molecule has 0 bridgehead atoms. The molecule has 0 amide bonds. The molecule has 0 radical (unpaired) electrons. The van der Waals surface area contributed by atoms with Crippen molar-refractivity contribution in [3.8, 4) is 33.4 Å². The Hall–Kier alpha value is -4.72. The van der Waals surface area contributed by atoms with Crippen LogP contribution in [0.15, 0.2) is 140 Å². The van der Waals surface area contributed by atoms with Gasteiger partial charge in [0.2, 0.25) is 0 Å². The Kier molecular flexibility index (Phi) is 5.77. The Bertz CT molecular complexity index is 1920. The van der Waals surface area contributed by atoms with E-state index in [2.05, 4.69) is 146 Å². The molecule has 6 aromatic rings. The molecule has 1 spiro atoms. The Labute approximate surface area is 248 Å². The Morgan fingerprint density at radius 1 is 0.500 bits per heavy atom. The van der Waals surface area contributed by atoms with Crippen LogP contribution in [-0.4, -0.2) is 0 Å². The smallest absolute Gasteiger partial charge is 0.0719 e. The summed E-state index contributed by atoms with van der Waals surface area (Å²) in [6, 6.07) is 52.1. The zero-order valence-corrected chi connectivity index (χ0v) is 23.8. The summed E-state index contributed by atoms with van der Waals surface area (Å²) in [6.07, 6.45) is 1.07. The van der Waals surface area contributed by atoms with Gasteiger partial charge in [0.05, 0.1) is 5.41 Å². The predicted molar refractivity (Wildman–Crippen MR) is 175 cm³/mol. The van der Waals surface area contributed by atoms with Crippen molar-refractivity contribution in [1.29, 1.82) is 0 Å². The van der Waals surface area contributed by atoms with Gasteiger partial charge in [-0.05, 0) is 96.9 Å². The van der Waals surface area contributed by atoms with Crippen molar-refractivity contribution >= 4 is 0 Å². The van der Waals surface area contributed by atoms with E-state index in [1.165, 1.54) is 66.8 Å². The van der Waals surface area contributed by atoms with Gasteiger partial charge in [-0.2, -0.15) is 0 Å². The molecule has 0 heterocycles. The van der Waals surface area contributed by atoms with Gasteiger partial charge in [0, 0.05) is 12.5 Å². The van der Waals surface area contributed by atoms with Crippen molar-refractivity contribution in [2.45, 2.75) is 31.2 Å². The monoisotopic (exact) mass is 539 g/mol. The average Bonchev–Trinajstić information content (AvgIpc) is 3.35. The van der Waals surface area contributed by atoms with E-state index in [0.29, 0.717) is 12.5 Å². The third kappa shape index (κ3) is 3.47. The topological polar surface area (TPSA) is 26.0 Å². The van der Waals surface area contributed by atoms with Gasteiger partial charge in [-0.3, -0.25) is 0 Å². The van der Waals surface area contributed by atoms with Crippen molar-refractivity contribution in [1.82, 2.24) is 0 Å². The Balaban J connectivity index is 1.49. The van der Waals surface area contributed by atoms with Gasteiger partial charge in [-0.15, -0.1) is 0 Å². The molecule has 0 fully saturated rings. The fraction of sp³-hybridized carbons (Fsp3) is 0.122. The van der Waals surface area contributed by atoms with Gasteiger partial charge in [0.1, 0.15) is 0 Å². The van der Waals surface area contributed by atoms with E-state index in [4.69, 9.17) is 5.73 Å². The summed E-state index contributed by atoms with van der Waals surface area (Å²) in [5.41, 5.74) is 22.8. The van der Waals surface area contributed by atoms with E-state index < -0.39 is 5.41 Å². The fourth-order valence-electron chi connectivity index (χ4n) is 7.81. The van der Waals surface area contributed by atoms with Crippen LogP contribution in [0.2, 0.25) is 0 Å². The number of hydrogen-bond acceptors (Lipinski definition) is 1. The summed E-state index contributed by atoms with van der Waals surface area (Å²) in [5, 5.41) is 0. The van der Waals surface area contributed by atoms with Crippen LogP contribution in [-0.2, 0) is 12.0 Å². The molecular weight excluding hydrogens is 506 g/mol. The van der Waals surface area contributed by atoms with Crippen molar-refractivity contribution in [3.63, 3.8) is 0 Å². The Morgan fingerprint density at radius 2 is 1.02 bits per heavy atom. The van der Waals surface area contributed by atoms with Crippen molar-refractivity contribution in [2.24, 2.45) is 5.73 Å². The Morgan fingerprint density at radius 3 is 1.62 bits per heavy atom. The zero-order chi connectivity index (χ0) is 28.3. The number of rotatable bonds is 4. The number of benzene rings is 6. The molecule has 1 nitrogen and oxygen atoms in total. The zero-order valence-electron chi connectivity index (χ0n) is 23.8. The molecule has 2 N–H and O–H groups in total. The van der Waals surface area contributed by atoms with Gasteiger partial charge in [0.25, 0.3) is 0 Å². The minimum Gasteiger partial charge on any atom is -0.326 e. The summed E-state index contributed by atoms with van der Waals surface area (Å²) in [4.78, 5) is 0. The first-order chi connectivity index (χ1) is 20.7. The third-order valence-corrected chi connectivity index (χ3v) is 9.63. The van der Waals surface area contributed by atoms with Crippen molar-refractivity contribution in [3.05, 3.63) is 178 Å². The molecule has 0 saturated carbocycles. The molecule has 42 heavy (non-hydrogen) atoms. The maximum Gasteiger partial charge on any atom is 0.0719 e. The average molecular weight is 540 g/mol. The molecule has 0 saturated heterocycles. The summed E-state index contributed by atoms with van der Waals surface area (Å²) in [6.45, 7) is 2.86. The highest BCUT2D eigenvalue weighted by Crippen LogP contribution is 2.62. The van der Waals surface area contributed by atoms with E-state index >= 15 is 0 Å². The highest BCUT2D eigenvalue weighted by Gasteiger charge is 2.51. The van der Waals surface area contributed by atoms with E-state index in [-0.39, 0.29) is 0 Å². The molecule has 1 heteroatoms. The molecule has 0 unspecified atom stereocenters. The van der Waals surface area contributed by atoms with E-state index in [9.17, 15) is 0 Å². The molecule has 0 aromatic heterocycles. The number of hydrogen-bond donors (Lipinski definition) is 1. The minimum absolute atomic E-state index is 0.372. The van der Waals surface area contributed by atoms with Gasteiger partial charge < -0.3 is 5.73 Å². The molecule has 6 aromatic carbocycles. The van der Waals surface area contributed by atoms with Crippen LogP contribution in [0.4, 0.5) is 0 Å². The largest absolute Gasteiger partial charge is 0.326 e. The van der Waals surface area contributed by atoms with Crippen LogP contribution in [0.1, 0.15) is 58.2 Å². The summed E-state index contributed by atoms with van der Waals surface area (Å²) in [5.74, 6) is 0.372. The summed E-state index contributed by atoms with van der Waals surface area (Å²) >= 11 is 0. The third-order valence-electron chi connectivity index (χ3n) is 9.63. The first-order valence-electron chi connectivity index (χ1n) is 15.1. The normalized spacial score (nSPS) is 17.8. The van der Waals surface area contributed by atoms with Gasteiger partial charge in [-0.1, -0.05) is 128 Å². The van der Waals surface area contributed by atoms with E-state index in [0.717, 1.165) is 12.0 Å². The lowest BCUT2D eigenvalue weighted by Gasteiger charge is -2.43. The summed E-state index contributed by atoms with van der Waals surface area (Å²) < 4.78 is 0. The predicted octanol–water partition coefficient (Wildman–Crippen LogP) is 9.70. The van der Waals surface area contributed by atoms with Gasteiger partial charge in [0.15, 0.2) is 0 Å². The SMILES string of the molecule is CCC1c2ccccc2C2(c3cc(-c4ccccc4)ccc3-c3ccc(-c4cccc(CN)c4)cc32)c2ccccc21. The molecule has 2 aliphatic rings. The first kappa shape index (κ1) is 25.0. The van der Waals surface area contributed by atoms with Crippen molar-refractivity contribution in [2.75, 3.05) is 0 Å². The molecule has 2 aliphatic carbocycles. The lowest BCUT2D eigenvalue weighted by molar-refractivity contribution is 0.649.